The van der Waals surface area contributed by atoms with Crippen LogP contribution in [0, 0.1) is 0 Å². The molecule has 0 aliphatic carbocycles. The van der Waals surface area contributed by atoms with Crippen LogP contribution >= 0.6 is 0 Å². The molecule has 0 bridgehead atoms. The number of methoxy groups -OCH3 is 1. The van der Waals surface area contributed by atoms with Gasteiger partial charge in [-0.1, -0.05) is 6.92 Å². The molecule has 0 aliphatic heterocycles. The van der Waals surface area contributed by atoms with Crippen molar-refractivity contribution in [2.45, 2.75) is 18.0 Å². The number of halogens is 3. The maximum atomic E-state index is 12.6. The van der Waals surface area contributed by atoms with E-state index < -0.39 is 32.4 Å². The Labute approximate surface area is 96.3 Å². The predicted molar refractivity (Wildman–Crippen MR) is 53.5 cm³/mol. The van der Waals surface area contributed by atoms with E-state index in [2.05, 4.69) is 9.72 Å². The maximum absolute atomic E-state index is 12.6. The van der Waals surface area contributed by atoms with Gasteiger partial charge in [-0.25, -0.2) is 13.4 Å². The molecule has 0 aliphatic rings. The highest BCUT2D eigenvalue weighted by atomic mass is 32.2. The van der Waals surface area contributed by atoms with Crippen LogP contribution in [0.15, 0.2) is 17.0 Å². The standard InChI is InChI=1S/C9H10F3NO3S/c1-3-17(14,15)6-4-5-7(16-2)13-8(6)9(10,11)12/h4-5H,3H2,1-2H3. The number of pyridine rings is 1. The van der Waals surface area contributed by atoms with Crippen molar-refractivity contribution in [2.24, 2.45) is 0 Å². The SMILES string of the molecule is CCS(=O)(=O)c1ccc(OC)nc1C(F)(F)F. The summed E-state index contributed by atoms with van der Waals surface area (Å²) in [6, 6.07) is 1.94. The summed E-state index contributed by atoms with van der Waals surface area (Å²) in [4.78, 5) is 2.32. The number of aromatic nitrogens is 1. The molecule has 17 heavy (non-hydrogen) atoms. The van der Waals surface area contributed by atoms with Crippen molar-refractivity contribution < 1.29 is 26.3 Å². The average Bonchev–Trinajstić information content (AvgIpc) is 2.27. The molecule has 0 saturated carbocycles. The molecule has 0 spiro atoms. The maximum Gasteiger partial charge on any atom is 0.434 e. The van der Waals surface area contributed by atoms with Gasteiger partial charge in [-0.2, -0.15) is 13.2 Å². The molecule has 1 aromatic rings. The molecular formula is C9H10F3NO3S. The van der Waals surface area contributed by atoms with Gasteiger partial charge in [0.05, 0.1) is 17.8 Å². The van der Waals surface area contributed by atoms with E-state index in [1.165, 1.54) is 6.92 Å². The molecule has 0 amide bonds. The lowest BCUT2D eigenvalue weighted by Crippen LogP contribution is -2.17. The summed E-state index contributed by atoms with van der Waals surface area (Å²) in [5, 5.41) is 0. The highest BCUT2D eigenvalue weighted by Crippen LogP contribution is 2.34. The van der Waals surface area contributed by atoms with Gasteiger partial charge in [0.25, 0.3) is 0 Å². The molecule has 4 nitrogen and oxygen atoms in total. The quantitative estimate of drug-likeness (QED) is 0.841. The minimum Gasteiger partial charge on any atom is -0.481 e. The second-order valence-corrected chi connectivity index (χ2v) is 5.35. The zero-order valence-electron chi connectivity index (χ0n) is 9.08. The smallest absolute Gasteiger partial charge is 0.434 e. The molecular weight excluding hydrogens is 259 g/mol. The van der Waals surface area contributed by atoms with Gasteiger partial charge >= 0.3 is 6.18 Å². The molecule has 0 radical (unpaired) electrons. The molecule has 1 aromatic heterocycles. The first kappa shape index (κ1) is 13.8. The van der Waals surface area contributed by atoms with Gasteiger partial charge in [-0.15, -0.1) is 0 Å². The van der Waals surface area contributed by atoms with Crippen LogP contribution in [-0.4, -0.2) is 26.3 Å². The third-order valence-corrected chi connectivity index (χ3v) is 3.79. The topological polar surface area (TPSA) is 56.3 Å². The molecule has 1 rings (SSSR count). The van der Waals surface area contributed by atoms with Crippen molar-refractivity contribution in [2.75, 3.05) is 12.9 Å². The van der Waals surface area contributed by atoms with Crippen molar-refractivity contribution >= 4 is 9.84 Å². The second-order valence-electron chi connectivity index (χ2n) is 3.10. The summed E-state index contributed by atoms with van der Waals surface area (Å²) < 4.78 is 65.5. The molecule has 0 unspecified atom stereocenters. The first-order valence-corrected chi connectivity index (χ1v) is 6.22. The molecule has 0 atom stereocenters. The number of hydrogen-bond donors (Lipinski definition) is 0. The van der Waals surface area contributed by atoms with Crippen molar-refractivity contribution in [1.82, 2.24) is 4.98 Å². The van der Waals surface area contributed by atoms with Crippen LogP contribution in [0.3, 0.4) is 0 Å². The summed E-state index contributed by atoms with van der Waals surface area (Å²) in [6.07, 6.45) is -4.84. The average molecular weight is 269 g/mol. The van der Waals surface area contributed by atoms with E-state index in [1.807, 2.05) is 0 Å². The Balaban J connectivity index is 3.52. The van der Waals surface area contributed by atoms with Crippen molar-refractivity contribution in [1.29, 1.82) is 0 Å². The Morgan fingerprint density at radius 3 is 2.35 bits per heavy atom. The molecule has 96 valence electrons. The molecule has 1 heterocycles. The van der Waals surface area contributed by atoms with Gasteiger partial charge in [0.2, 0.25) is 5.88 Å². The molecule has 0 saturated heterocycles. The normalized spacial score (nSPS) is 12.5. The van der Waals surface area contributed by atoms with Crippen LogP contribution < -0.4 is 4.74 Å². The number of hydrogen-bond acceptors (Lipinski definition) is 4. The van der Waals surface area contributed by atoms with E-state index in [0.29, 0.717) is 0 Å². The van der Waals surface area contributed by atoms with E-state index in [1.54, 1.807) is 0 Å². The summed E-state index contributed by atoms with van der Waals surface area (Å²) in [6.45, 7) is 1.26. The monoisotopic (exact) mass is 269 g/mol. The zero-order valence-corrected chi connectivity index (χ0v) is 9.89. The fourth-order valence-corrected chi connectivity index (χ4v) is 2.19. The molecule has 0 fully saturated rings. The summed E-state index contributed by atoms with van der Waals surface area (Å²) in [5.74, 6) is -0.711. The lowest BCUT2D eigenvalue weighted by atomic mass is 10.3. The number of sulfone groups is 1. The highest BCUT2D eigenvalue weighted by Gasteiger charge is 2.39. The van der Waals surface area contributed by atoms with Crippen LogP contribution in [0.2, 0.25) is 0 Å². The summed E-state index contributed by atoms with van der Waals surface area (Å²) in [5.41, 5.74) is -1.45. The van der Waals surface area contributed by atoms with Gasteiger partial charge in [0.15, 0.2) is 15.5 Å². The van der Waals surface area contributed by atoms with Crippen molar-refractivity contribution in [3.8, 4) is 5.88 Å². The second kappa shape index (κ2) is 4.52. The highest BCUT2D eigenvalue weighted by molar-refractivity contribution is 7.91. The fraction of sp³-hybridized carbons (Fsp3) is 0.444. The van der Waals surface area contributed by atoms with Crippen molar-refractivity contribution in [3.63, 3.8) is 0 Å². The molecule has 8 heteroatoms. The molecule has 0 aromatic carbocycles. The van der Waals surface area contributed by atoms with E-state index >= 15 is 0 Å². The van der Waals surface area contributed by atoms with Crippen molar-refractivity contribution in [3.05, 3.63) is 17.8 Å². The first-order valence-electron chi connectivity index (χ1n) is 4.57. The Kier molecular flexibility index (Phi) is 3.65. The summed E-state index contributed by atoms with van der Waals surface area (Å²) in [7, 11) is -2.83. The summed E-state index contributed by atoms with van der Waals surface area (Å²) >= 11 is 0. The van der Waals surface area contributed by atoms with Crippen LogP contribution in [0.25, 0.3) is 0 Å². The Morgan fingerprint density at radius 1 is 1.35 bits per heavy atom. The van der Waals surface area contributed by atoms with E-state index in [9.17, 15) is 21.6 Å². The van der Waals surface area contributed by atoms with Crippen LogP contribution in [0.4, 0.5) is 13.2 Å². The van der Waals surface area contributed by atoms with Crippen LogP contribution in [0.5, 0.6) is 5.88 Å². The minimum atomic E-state index is -4.84. The minimum absolute atomic E-state index is 0.285. The first-order chi connectivity index (χ1) is 7.72. The van der Waals surface area contributed by atoms with Gasteiger partial charge in [0, 0.05) is 6.07 Å². The predicted octanol–water partition coefficient (Wildman–Crippen LogP) is 1.90. The van der Waals surface area contributed by atoms with Crippen LogP contribution in [0.1, 0.15) is 12.6 Å². The lowest BCUT2D eigenvalue weighted by molar-refractivity contribution is -0.143. The Hall–Kier alpha value is -1.31. The molecule has 0 N–H and O–H groups in total. The number of alkyl halides is 3. The van der Waals surface area contributed by atoms with E-state index in [-0.39, 0.29) is 5.88 Å². The number of ether oxygens (including phenoxy) is 1. The number of rotatable bonds is 3. The van der Waals surface area contributed by atoms with E-state index in [4.69, 9.17) is 0 Å². The van der Waals surface area contributed by atoms with Gasteiger partial charge in [0.1, 0.15) is 0 Å². The van der Waals surface area contributed by atoms with Gasteiger partial charge in [-0.3, -0.25) is 0 Å². The third-order valence-electron chi connectivity index (χ3n) is 2.03. The number of nitrogens with zero attached hydrogens (tertiary/aromatic N) is 1. The largest absolute Gasteiger partial charge is 0.481 e. The Morgan fingerprint density at radius 2 is 1.94 bits per heavy atom. The van der Waals surface area contributed by atoms with Gasteiger partial charge in [-0.05, 0) is 6.07 Å². The fourth-order valence-electron chi connectivity index (χ4n) is 1.15. The lowest BCUT2D eigenvalue weighted by Gasteiger charge is -2.12. The zero-order chi connectivity index (χ0) is 13.3. The Bertz CT molecular complexity index is 511. The third kappa shape index (κ3) is 2.87. The van der Waals surface area contributed by atoms with Gasteiger partial charge < -0.3 is 4.74 Å². The van der Waals surface area contributed by atoms with Crippen LogP contribution in [-0.2, 0) is 16.0 Å². The van der Waals surface area contributed by atoms with E-state index in [0.717, 1.165) is 19.2 Å².